The van der Waals surface area contributed by atoms with Gasteiger partial charge in [-0.1, -0.05) is 83.2 Å². The molecule has 3 N–H and O–H groups in total. The van der Waals surface area contributed by atoms with Crippen molar-refractivity contribution in [3.05, 3.63) is 59.2 Å². The van der Waals surface area contributed by atoms with E-state index in [9.17, 15) is 19.5 Å². The number of rotatable bonds is 15. The summed E-state index contributed by atoms with van der Waals surface area (Å²) < 4.78 is 5.50. The maximum Gasteiger partial charge on any atom is 0.408 e. The number of unbranched alkanes of at least 4 members (excludes halogenated alkanes) is 5. The molecule has 8 heteroatoms. The molecule has 2 aromatic carbocycles. The van der Waals surface area contributed by atoms with Crippen LogP contribution in [0.5, 0.6) is 5.75 Å². The zero-order chi connectivity index (χ0) is 32.2. The van der Waals surface area contributed by atoms with Crippen LogP contribution >= 0.6 is 0 Å². The highest BCUT2D eigenvalue weighted by Gasteiger charge is 2.36. The highest BCUT2D eigenvalue weighted by molar-refractivity contribution is 5.99. The van der Waals surface area contributed by atoms with Gasteiger partial charge in [-0.15, -0.1) is 0 Å². The summed E-state index contributed by atoms with van der Waals surface area (Å²) in [5, 5.41) is 15.9. The molecular weight excluding hydrogens is 542 g/mol. The van der Waals surface area contributed by atoms with Crippen LogP contribution in [-0.4, -0.2) is 46.1 Å². The van der Waals surface area contributed by atoms with Gasteiger partial charge in [0.1, 0.15) is 23.4 Å². The minimum atomic E-state index is -0.988. The van der Waals surface area contributed by atoms with Crippen LogP contribution in [-0.2, 0) is 14.3 Å². The second kappa shape index (κ2) is 16.9. The molecule has 0 saturated carbocycles. The number of para-hydroxylation sites is 1. The number of hydrogen-bond acceptors (Lipinski definition) is 5. The van der Waals surface area contributed by atoms with Crippen LogP contribution in [0.25, 0.3) is 0 Å². The van der Waals surface area contributed by atoms with E-state index in [1.54, 1.807) is 37.8 Å². The number of benzene rings is 2. The highest BCUT2D eigenvalue weighted by atomic mass is 16.6. The number of aryl methyl sites for hydroxylation is 2. The van der Waals surface area contributed by atoms with Gasteiger partial charge in [0.15, 0.2) is 0 Å². The van der Waals surface area contributed by atoms with Crippen molar-refractivity contribution in [2.75, 3.05) is 11.9 Å². The van der Waals surface area contributed by atoms with Crippen LogP contribution in [0.1, 0.15) is 109 Å². The van der Waals surface area contributed by atoms with Crippen molar-refractivity contribution in [1.29, 1.82) is 0 Å². The normalized spacial score (nSPS) is 12.9. The first-order valence-corrected chi connectivity index (χ1v) is 15.7. The van der Waals surface area contributed by atoms with Gasteiger partial charge in [-0.2, -0.15) is 0 Å². The van der Waals surface area contributed by atoms with E-state index in [1.807, 2.05) is 45.9 Å². The number of nitrogens with zero attached hydrogens (tertiary/aromatic N) is 1. The van der Waals surface area contributed by atoms with Crippen molar-refractivity contribution >= 4 is 23.6 Å². The van der Waals surface area contributed by atoms with Crippen LogP contribution in [0.4, 0.5) is 10.5 Å². The first-order valence-electron chi connectivity index (χ1n) is 15.7. The topological polar surface area (TPSA) is 108 Å². The first kappa shape index (κ1) is 35.6. The number of aromatic hydroxyl groups is 1. The molecule has 2 atom stereocenters. The number of hydrogen-bond donors (Lipinski definition) is 3. The molecular formula is C35H53N3O5. The molecule has 43 heavy (non-hydrogen) atoms. The predicted molar refractivity (Wildman–Crippen MR) is 173 cm³/mol. The smallest absolute Gasteiger partial charge is 0.408 e. The van der Waals surface area contributed by atoms with E-state index in [0.29, 0.717) is 30.6 Å². The van der Waals surface area contributed by atoms with Crippen molar-refractivity contribution in [3.63, 3.8) is 0 Å². The average Bonchev–Trinajstić information content (AvgIpc) is 2.91. The molecule has 3 amide bonds. The van der Waals surface area contributed by atoms with Gasteiger partial charge in [-0.3, -0.25) is 9.59 Å². The summed E-state index contributed by atoms with van der Waals surface area (Å²) in [6, 6.07) is 10.3. The van der Waals surface area contributed by atoms with E-state index in [1.165, 1.54) is 12.1 Å². The lowest BCUT2D eigenvalue weighted by Crippen LogP contribution is -2.53. The Morgan fingerprint density at radius 1 is 0.907 bits per heavy atom. The van der Waals surface area contributed by atoms with Gasteiger partial charge in [0.2, 0.25) is 5.91 Å². The SMILES string of the molecule is CCCCCCCCN(C(=O)C(CC(C)C)NC(=O)OC(C)(C)C)C(C(=O)Nc1c(C)cccc1C)c1ccc(O)cc1. The van der Waals surface area contributed by atoms with Gasteiger partial charge in [-0.25, -0.2) is 4.79 Å². The Bertz CT molecular complexity index is 1170. The quantitative estimate of drug-likeness (QED) is 0.182. The van der Waals surface area contributed by atoms with Crippen LogP contribution in [0, 0.1) is 19.8 Å². The van der Waals surface area contributed by atoms with E-state index in [-0.39, 0.29) is 23.5 Å². The number of anilines is 1. The molecule has 0 fully saturated rings. The predicted octanol–water partition coefficient (Wildman–Crippen LogP) is 7.82. The molecule has 0 aromatic heterocycles. The van der Waals surface area contributed by atoms with E-state index in [4.69, 9.17) is 4.74 Å². The molecule has 0 bridgehead atoms. The molecule has 2 aromatic rings. The number of amides is 3. The van der Waals surface area contributed by atoms with Crippen molar-refractivity contribution in [2.45, 2.75) is 118 Å². The van der Waals surface area contributed by atoms with Crippen molar-refractivity contribution < 1.29 is 24.2 Å². The number of phenols is 1. The number of nitrogens with one attached hydrogen (secondary N) is 2. The maximum atomic E-state index is 14.4. The third kappa shape index (κ3) is 11.9. The molecule has 0 aliphatic rings. The summed E-state index contributed by atoms with van der Waals surface area (Å²) in [5.41, 5.74) is 2.37. The molecule has 0 heterocycles. The Balaban J connectivity index is 2.54. The molecule has 0 radical (unpaired) electrons. The van der Waals surface area contributed by atoms with Crippen molar-refractivity contribution in [2.24, 2.45) is 5.92 Å². The zero-order valence-corrected chi connectivity index (χ0v) is 27.5. The van der Waals surface area contributed by atoms with Crippen LogP contribution in [0.15, 0.2) is 42.5 Å². The van der Waals surface area contributed by atoms with Gasteiger partial charge in [0.25, 0.3) is 5.91 Å². The standard InChI is InChI=1S/C35H53N3O5/c1-9-10-11-12-13-14-22-38(33(41)29(23-24(2)3)36-34(42)43-35(6,7)8)31(27-18-20-28(39)21-19-27)32(40)37-30-25(4)16-15-17-26(30)5/h15-21,24,29,31,39H,9-14,22-23H2,1-8H3,(H,36,42)(H,37,40). The lowest BCUT2D eigenvalue weighted by atomic mass is 9.98. The van der Waals surface area contributed by atoms with Crippen molar-refractivity contribution in [3.8, 4) is 5.75 Å². The fourth-order valence-corrected chi connectivity index (χ4v) is 5.10. The average molecular weight is 596 g/mol. The summed E-state index contributed by atoms with van der Waals surface area (Å²) >= 11 is 0. The Labute approximate surface area is 258 Å². The minimum absolute atomic E-state index is 0.0655. The molecule has 8 nitrogen and oxygen atoms in total. The van der Waals surface area contributed by atoms with Gasteiger partial charge >= 0.3 is 6.09 Å². The van der Waals surface area contributed by atoms with E-state index < -0.39 is 23.8 Å². The second-order valence-electron chi connectivity index (χ2n) is 12.9. The van der Waals surface area contributed by atoms with Gasteiger partial charge < -0.3 is 25.4 Å². The third-order valence-corrected chi connectivity index (χ3v) is 7.23. The Kier molecular flexibility index (Phi) is 14.0. The summed E-state index contributed by atoms with van der Waals surface area (Å²) in [4.78, 5) is 43.1. The Morgan fingerprint density at radius 2 is 1.49 bits per heavy atom. The zero-order valence-electron chi connectivity index (χ0n) is 27.5. The minimum Gasteiger partial charge on any atom is -0.508 e. The molecule has 0 spiro atoms. The summed E-state index contributed by atoms with van der Waals surface area (Å²) in [5.74, 6) is -0.545. The number of carbonyl (C=O) groups excluding carboxylic acids is 3. The second-order valence-corrected chi connectivity index (χ2v) is 12.9. The molecule has 0 aliphatic heterocycles. The number of alkyl carbamates (subject to hydrolysis) is 1. The molecule has 0 aliphatic carbocycles. The fourth-order valence-electron chi connectivity index (χ4n) is 5.10. The van der Waals surface area contributed by atoms with E-state index in [0.717, 1.165) is 43.2 Å². The monoisotopic (exact) mass is 595 g/mol. The fraction of sp³-hybridized carbons (Fsp3) is 0.571. The number of ether oxygens (including phenoxy) is 1. The van der Waals surface area contributed by atoms with E-state index >= 15 is 0 Å². The maximum absolute atomic E-state index is 14.4. The Morgan fingerprint density at radius 3 is 2.05 bits per heavy atom. The molecule has 0 saturated heterocycles. The highest BCUT2D eigenvalue weighted by Crippen LogP contribution is 2.29. The van der Waals surface area contributed by atoms with Gasteiger partial charge in [0, 0.05) is 12.2 Å². The lowest BCUT2D eigenvalue weighted by molar-refractivity contribution is -0.141. The lowest BCUT2D eigenvalue weighted by Gasteiger charge is -2.35. The van der Waals surface area contributed by atoms with E-state index in [2.05, 4.69) is 17.6 Å². The summed E-state index contributed by atoms with van der Waals surface area (Å²) in [6.45, 7) is 15.7. The number of carbonyl (C=O) groups is 3. The van der Waals surface area contributed by atoms with Gasteiger partial charge in [-0.05, 0) is 82.2 Å². The molecule has 2 unspecified atom stereocenters. The summed E-state index contributed by atoms with van der Waals surface area (Å²) in [6.07, 6.45) is 5.79. The van der Waals surface area contributed by atoms with Gasteiger partial charge in [0.05, 0.1) is 0 Å². The largest absolute Gasteiger partial charge is 0.508 e. The first-order chi connectivity index (χ1) is 20.2. The molecule has 2 rings (SSSR count). The van der Waals surface area contributed by atoms with Crippen LogP contribution in [0.2, 0.25) is 0 Å². The van der Waals surface area contributed by atoms with Crippen molar-refractivity contribution in [1.82, 2.24) is 10.2 Å². The summed E-state index contributed by atoms with van der Waals surface area (Å²) in [7, 11) is 0. The third-order valence-electron chi connectivity index (χ3n) is 7.23. The molecule has 238 valence electrons. The number of phenolic OH excluding ortho intramolecular Hbond substituents is 1. The van der Waals surface area contributed by atoms with Crippen LogP contribution < -0.4 is 10.6 Å². The Hall–Kier alpha value is -3.55. The van der Waals surface area contributed by atoms with Crippen LogP contribution in [0.3, 0.4) is 0 Å².